The number of aromatic nitrogens is 3. The predicted octanol–water partition coefficient (Wildman–Crippen LogP) is 4.83. The lowest BCUT2D eigenvalue weighted by molar-refractivity contribution is -0.134. The predicted molar refractivity (Wildman–Crippen MR) is 141 cm³/mol. The normalized spacial score (nSPS) is 15.2. The van der Waals surface area contributed by atoms with Crippen LogP contribution in [-0.2, 0) is 36.0 Å². The monoisotopic (exact) mass is 484 g/mol. The fourth-order valence-corrected chi connectivity index (χ4v) is 5.23. The molecule has 0 aliphatic heterocycles. The zero-order chi connectivity index (χ0) is 25.1. The molecule has 2 aromatic heterocycles. The Morgan fingerprint density at radius 3 is 2.92 bits per heavy atom. The molecule has 4 aromatic rings. The first-order chi connectivity index (χ1) is 17.5. The van der Waals surface area contributed by atoms with E-state index in [9.17, 15) is 4.79 Å². The number of nitrogens with zero attached hydrogens (tertiary/aromatic N) is 3. The molecule has 186 valence electrons. The van der Waals surface area contributed by atoms with Crippen LogP contribution < -0.4 is 4.74 Å². The molecule has 2 aromatic carbocycles. The van der Waals surface area contributed by atoms with Gasteiger partial charge in [0.1, 0.15) is 5.75 Å². The first-order valence-electron chi connectivity index (χ1n) is 12.3. The second-order valence-corrected chi connectivity index (χ2v) is 9.34. The summed E-state index contributed by atoms with van der Waals surface area (Å²) in [5.41, 5.74) is 7.37. The molecule has 1 aliphatic rings. The fourth-order valence-electron chi connectivity index (χ4n) is 5.23. The summed E-state index contributed by atoms with van der Waals surface area (Å²) in [6, 6.07) is 13.1. The van der Waals surface area contributed by atoms with Gasteiger partial charge < -0.3 is 14.5 Å². The van der Waals surface area contributed by atoms with E-state index in [1.807, 2.05) is 36.1 Å². The van der Waals surface area contributed by atoms with Gasteiger partial charge in [0, 0.05) is 67.2 Å². The van der Waals surface area contributed by atoms with E-state index in [0.29, 0.717) is 6.04 Å². The number of esters is 1. The van der Waals surface area contributed by atoms with E-state index in [4.69, 9.17) is 9.47 Å². The van der Waals surface area contributed by atoms with Crippen LogP contribution in [0.4, 0.5) is 0 Å². The van der Waals surface area contributed by atoms with Crippen molar-refractivity contribution in [2.45, 2.75) is 31.8 Å². The standard InChI is InChI=1S/C29H32N4O3/c1-32-18-21(16-31-32)19-33(13-12-23-17-30-27-15-24(35-2)7-9-25(23)27)28-10-6-22-14-20(4-8-26(22)28)5-11-29(34)36-3/h4-5,7-9,11,14-18,28,30H,6,10,12-13,19H2,1-3H3/b11-5+. The van der Waals surface area contributed by atoms with Crippen molar-refractivity contribution in [3.63, 3.8) is 0 Å². The van der Waals surface area contributed by atoms with Crippen LogP contribution in [0.5, 0.6) is 5.75 Å². The molecule has 5 rings (SSSR count). The van der Waals surface area contributed by atoms with Crippen LogP contribution in [0.25, 0.3) is 17.0 Å². The molecule has 0 fully saturated rings. The Balaban J connectivity index is 1.38. The summed E-state index contributed by atoms with van der Waals surface area (Å²) in [6.07, 6.45) is 12.5. The summed E-state index contributed by atoms with van der Waals surface area (Å²) in [6.45, 7) is 1.78. The molecule has 0 radical (unpaired) electrons. The number of rotatable bonds is 9. The van der Waals surface area contributed by atoms with Crippen LogP contribution in [0.1, 0.15) is 40.3 Å². The average molecular weight is 485 g/mol. The van der Waals surface area contributed by atoms with Crippen molar-refractivity contribution in [1.29, 1.82) is 0 Å². The number of carbonyl (C=O) groups excluding carboxylic acids is 1. The number of aromatic amines is 1. The number of aryl methyl sites for hydroxylation is 2. The SMILES string of the molecule is COC(=O)/C=C/c1ccc2c(c1)CCC2N(CCc1c[nH]c2cc(OC)ccc12)Cc1cnn(C)c1. The number of hydrogen-bond acceptors (Lipinski definition) is 5. The molecular weight excluding hydrogens is 452 g/mol. The zero-order valence-electron chi connectivity index (χ0n) is 21.0. The Bertz CT molecular complexity index is 1400. The minimum Gasteiger partial charge on any atom is -0.497 e. The van der Waals surface area contributed by atoms with E-state index >= 15 is 0 Å². The number of hydrogen-bond donors (Lipinski definition) is 1. The Labute approximate surface area is 211 Å². The fraction of sp³-hybridized carbons (Fsp3) is 0.310. The molecule has 36 heavy (non-hydrogen) atoms. The Kier molecular flexibility index (Phi) is 6.91. The smallest absolute Gasteiger partial charge is 0.330 e. The lowest BCUT2D eigenvalue weighted by Crippen LogP contribution is -2.29. The first-order valence-corrected chi connectivity index (χ1v) is 12.3. The van der Waals surface area contributed by atoms with Crippen LogP contribution in [0, 0.1) is 0 Å². The largest absolute Gasteiger partial charge is 0.497 e. The molecule has 7 nitrogen and oxygen atoms in total. The molecule has 2 heterocycles. The molecule has 0 bridgehead atoms. The summed E-state index contributed by atoms with van der Waals surface area (Å²) < 4.78 is 12.0. The third kappa shape index (κ3) is 5.06. The Morgan fingerprint density at radius 2 is 2.14 bits per heavy atom. The van der Waals surface area contributed by atoms with E-state index in [1.165, 1.54) is 40.8 Å². The van der Waals surface area contributed by atoms with Gasteiger partial charge >= 0.3 is 5.97 Å². The van der Waals surface area contributed by atoms with Gasteiger partial charge in [-0.1, -0.05) is 18.2 Å². The van der Waals surface area contributed by atoms with E-state index in [2.05, 4.69) is 51.6 Å². The number of fused-ring (bicyclic) bond motifs is 2. The number of benzene rings is 2. The minimum atomic E-state index is -0.341. The van der Waals surface area contributed by atoms with Gasteiger partial charge in [0.25, 0.3) is 0 Å². The maximum absolute atomic E-state index is 11.5. The maximum Gasteiger partial charge on any atom is 0.330 e. The summed E-state index contributed by atoms with van der Waals surface area (Å²) in [4.78, 5) is 17.5. The average Bonchev–Trinajstić information content (AvgIpc) is 3.62. The highest BCUT2D eigenvalue weighted by molar-refractivity contribution is 5.87. The molecule has 0 spiro atoms. The van der Waals surface area contributed by atoms with Gasteiger partial charge in [0.05, 0.1) is 20.4 Å². The highest BCUT2D eigenvalue weighted by Crippen LogP contribution is 2.37. The Hall–Kier alpha value is -3.84. The van der Waals surface area contributed by atoms with Crippen LogP contribution in [-0.4, -0.2) is 46.4 Å². The third-order valence-electron chi connectivity index (χ3n) is 7.05. The zero-order valence-corrected chi connectivity index (χ0v) is 21.0. The summed E-state index contributed by atoms with van der Waals surface area (Å²) >= 11 is 0. The van der Waals surface area contributed by atoms with E-state index < -0.39 is 0 Å². The molecule has 1 N–H and O–H groups in total. The van der Waals surface area contributed by atoms with Gasteiger partial charge in [-0.3, -0.25) is 9.58 Å². The van der Waals surface area contributed by atoms with Gasteiger partial charge in [0.2, 0.25) is 0 Å². The lowest BCUT2D eigenvalue weighted by atomic mass is 10.0. The van der Waals surface area contributed by atoms with Crippen LogP contribution in [0.15, 0.2) is 61.1 Å². The van der Waals surface area contributed by atoms with Crippen LogP contribution in [0.3, 0.4) is 0 Å². The van der Waals surface area contributed by atoms with Crippen molar-refractivity contribution >= 4 is 22.9 Å². The van der Waals surface area contributed by atoms with Gasteiger partial charge in [-0.25, -0.2) is 4.79 Å². The van der Waals surface area contributed by atoms with Gasteiger partial charge in [0.15, 0.2) is 0 Å². The van der Waals surface area contributed by atoms with Gasteiger partial charge in [-0.15, -0.1) is 0 Å². The molecule has 1 atom stereocenters. The molecule has 0 saturated carbocycles. The molecule has 0 saturated heterocycles. The number of H-pyrrole nitrogens is 1. The summed E-state index contributed by atoms with van der Waals surface area (Å²) in [5.74, 6) is 0.518. The second-order valence-electron chi connectivity index (χ2n) is 9.34. The number of nitrogens with one attached hydrogen (secondary N) is 1. The highest BCUT2D eigenvalue weighted by atomic mass is 16.5. The number of carbonyl (C=O) groups is 1. The molecule has 1 aliphatic carbocycles. The summed E-state index contributed by atoms with van der Waals surface area (Å²) in [7, 11) is 5.05. The molecule has 7 heteroatoms. The number of ether oxygens (including phenoxy) is 2. The highest BCUT2D eigenvalue weighted by Gasteiger charge is 2.28. The third-order valence-corrected chi connectivity index (χ3v) is 7.05. The molecule has 0 amide bonds. The van der Waals surface area contributed by atoms with Crippen molar-refractivity contribution in [2.24, 2.45) is 7.05 Å². The van der Waals surface area contributed by atoms with E-state index in [1.54, 1.807) is 7.11 Å². The maximum atomic E-state index is 11.5. The van der Waals surface area contributed by atoms with Crippen molar-refractivity contribution in [3.05, 3.63) is 88.9 Å². The first kappa shape index (κ1) is 23.9. The van der Waals surface area contributed by atoms with Crippen molar-refractivity contribution in [2.75, 3.05) is 20.8 Å². The van der Waals surface area contributed by atoms with E-state index in [0.717, 1.165) is 49.2 Å². The van der Waals surface area contributed by atoms with E-state index in [-0.39, 0.29) is 5.97 Å². The number of methoxy groups -OCH3 is 2. The quantitative estimate of drug-likeness (QED) is 0.272. The van der Waals surface area contributed by atoms with Crippen molar-refractivity contribution < 1.29 is 14.3 Å². The Morgan fingerprint density at radius 1 is 1.25 bits per heavy atom. The van der Waals surface area contributed by atoms with Gasteiger partial charge in [-0.2, -0.15) is 5.10 Å². The minimum absolute atomic E-state index is 0.337. The lowest BCUT2D eigenvalue weighted by Gasteiger charge is -2.29. The topological polar surface area (TPSA) is 72.4 Å². The van der Waals surface area contributed by atoms with Crippen LogP contribution in [0.2, 0.25) is 0 Å². The van der Waals surface area contributed by atoms with Gasteiger partial charge in [-0.05, 0) is 59.7 Å². The molecular formula is C29H32N4O3. The second kappa shape index (κ2) is 10.4. The van der Waals surface area contributed by atoms with Crippen molar-refractivity contribution in [1.82, 2.24) is 19.7 Å². The van der Waals surface area contributed by atoms with Crippen molar-refractivity contribution in [3.8, 4) is 5.75 Å². The summed E-state index contributed by atoms with van der Waals surface area (Å²) in [5, 5.41) is 5.63. The van der Waals surface area contributed by atoms with Crippen LogP contribution >= 0.6 is 0 Å². The molecule has 1 unspecified atom stereocenters.